The molecule has 1 aliphatic rings. The third-order valence-electron chi connectivity index (χ3n) is 4.24. The normalized spacial score (nSPS) is 30.1. The Bertz CT molecular complexity index is 390. The van der Waals surface area contributed by atoms with E-state index in [1.807, 2.05) is 0 Å². The average molecular weight is 310 g/mol. The van der Waals surface area contributed by atoms with Gasteiger partial charge in [-0.15, -0.1) is 0 Å². The molecule has 1 N–H and O–H groups in total. The molecule has 0 aliphatic heterocycles. The quantitative estimate of drug-likeness (QED) is 0.835. The van der Waals surface area contributed by atoms with Crippen LogP contribution in [-0.2, 0) is 0 Å². The number of rotatable bonds is 3. The maximum atomic E-state index is 3.81. The summed E-state index contributed by atoms with van der Waals surface area (Å²) in [5.74, 6) is 1.70. The first-order valence-corrected chi connectivity index (χ1v) is 7.87. The van der Waals surface area contributed by atoms with Crippen molar-refractivity contribution in [3.05, 3.63) is 34.3 Å². The monoisotopic (exact) mass is 309 g/mol. The molecule has 2 heteroatoms. The predicted octanol–water partition coefficient (Wildman–Crippen LogP) is 4.92. The molecule has 1 aromatic carbocycles. The van der Waals surface area contributed by atoms with Crippen LogP contribution < -0.4 is 5.32 Å². The van der Waals surface area contributed by atoms with Crippen molar-refractivity contribution in [1.82, 2.24) is 5.32 Å². The summed E-state index contributed by atoms with van der Waals surface area (Å²) in [7, 11) is 0. The van der Waals surface area contributed by atoms with Gasteiger partial charge < -0.3 is 5.32 Å². The molecule has 100 valence electrons. The molecule has 1 saturated carbocycles. The summed E-state index contributed by atoms with van der Waals surface area (Å²) < 4.78 is 1.17. The van der Waals surface area contributed by atoms with Crippen molar-refractivity contribution in [3.63, 3.8) is 0 Å². The van der Waals surface area contributed by atoms with Crippen LogP contribution in [0.15, 0.2) is 28.7 Å². The van der Waals surface area contributed by atoms with Crippen LogP contribution in [0.4, 0.5) is 0 Å². The molecule has 0 aromatic heterocycles. The summed E-state index contributed by atoms with van der Waals surface area (Å²) in [5.41, 5.74) is 1.37. The van der Waals surface area contributed by atoms with E-state index in [0.29, 0.717) is 12.1 Å². The summed E-state index contributed by atoms with van der Waals surface area (Å²) in [4.78, 5) is 0. The highest BCUT2D eigenvalue weighted by Crippen LogP contribution is 2.30. The Kier molecular flexibility index (Phi) is 4.85. The van der Waals surface area contributed by atoms with E-state index in [4.69, 9.17) is 0 Å². The van der Waals surface area contributed by atoms with Gasteiger partial charge in [-0.1, -0.05) is 41.9 Å². The van der Waals surface area contributed by atoms with Crippen molar-refractivity contribution in [3.8, 4) is 0 Å². The van der Waals surface area contributed by atoms with E-state index in [-0.39, 0.29) is 0 Å². The highest BCUT2D eigenvalue weighted by Gasteiger charge is 2.26. The third kappa shape index (κ3) is 3.58. The second-order valence-corrected chi connectivity index (χ2v) is 6.86. The maximum absolute atomic E-state index is 3.81. The second kappa shape index (κ2) is 6.21. The highest BCUT2D eigenvalue weighted by molar-refractivity contribution is 9.10. The van der Waals surface area contributed by atoms with Gasteiger partial charge in [-0.05, 0) is 55.7 Å². The molecule has 18 heavy (non-hydrogen) atoms. The van der Waals surface area contributed by atoms with Gasteiger partial charge in [0, 0.05) is 16.6 Å². The van der Waals surface area contributed by atoms with E-state index in [2.05, 4.69) is 66.3 Å². The van der Waals surface area contributed by atoms with Crippen molar-refractivity contribution in [2.75, 3.05) is 0 Å². The van der Waals surface area contributed by atoms with Gasteiger partial charge in [-0.25, -0.2) is 0 Å². The van der Waals surface area contributed by atoms with E-state index in [1.165, 1.54) is 29.3 Å². The molecule has 1 aromatic rings. The Labute approximate surface area is 119 Å². The van der Waals surface area contributed by atoms with E-state index >= 15 is 0 Å². The predicted molar refractivity (Wildman–Crippen MR) is 81.7 cm³/mol. The standard InChI is InChI=1S/C16H24BrN/c1-11-7-8-16(12(2)9-11)18-13(3)14-5-4-6-15(17)10-14/h4-6,10-13,16,18H,7-9H2,1-3H3. The summed E-state index contributed by atoms with van der Waals surface area (Å²) >= 11 is 3.55. The zero-order valence-corrected chi connectivity index (χ0v) is 13.2. The van der Waals surface area contributed by atoms with Crippen molar-refractivity contribution in [2.45, 2.75) is 52.1 Å². The first-order valence-electron chi connectivity index (χ1n) is 7.07. The van der Waals surface area contributed by atoms with Gasteiger partial charge in [0.05, 0.1) is 0 Å². The SMILES string of the molecule is CC1CCC(NC(C)c2cccc(Br)c2)C(C)C1. The van der Waals surface area contributed by atoms with Crippen molar-refractivity contribution in [2.24, 2.45) is 11.8 Å². The number of halogens is 1. The zero-order valence-electron chi connectivity index (χ0n) is 11.6. The van der Waals surface area contributed by atoms with Gasteiger partial charge in [0.15, 0.2) is 0 Å². The number of hydrogen-bond donors (Lipinski definition) is 1. The Hall–Kier alpha value is -0.340. The van der Waals surface area contributed by atoms with Gasteiger partial charge in [-0.2, -0.15) is 0 Å². The lowest BCUT2D eigenvalue weighted by atomic mass is 9.79. The van der Waals surface area contributed by atoms with Crippen LogP contribution in [0.2, 0.25) is 0 Å². The minimum absolute atomic E-state index is 0.434. The fraction of sp³-hybridized carbons (Fsp3) is 0.625. The molecule has 4 unspecified atom stereocenters. The summed E-state index contributed by atoms with van der Waals surface area (Å²) in [6.45, 7) is 7.04. The summed E-state index contributed by atoms with van der Waals surface area (Å²) in [5, 5.41) is 3.81. The first-order chi connectivity index (χ1) is 8.56. The first kappa shape index (κ1) is 14.1. The van der Waals surface area contributed by atoms with Crippen LogP contribution in [0.5, 0.6) is 0 Å². The number of nitrogens with one attached hydrogen (secondary N) is 1. The second-order valence-electron chi connectivity index (χ2n) is 5.95. The molecule has 2 rings (SSSR count). The smallest absolute Gasteiger partial charge is 0.0294 e. The molecule has 1 aliphatic carbocycles. The van der Waals surface area contributed by atoms with Crippen LogP contribution in [0, 0.1) is 11.8 Å². The topological polar surface area (TPSA) is 12.0 Å². The van der Waals surface area contributed by atoms with E-state index in [9.17, 15) is 0 Å². The van der Waals surface area contributed by atoms with Crippen LogP contribution in [0.25, 0.3) is 0 Å². The largest absolute Gasteiger partial charge is 0.307 e. The van der Waals surface area contributed by atoms with Gasteiger partial charge in [-0.3, -0.25) is 0 Å². The molecule has 0 heterocycles. The number of benzene rings is 1. The Balaban J connectivity index is 1.97. The molecule has 0 radical (unpaired) electrons. The molecule has 0 spiro atoms. The molecule has 4 atom stereocenters. The van der Waals surface area contributed by atoms with Gasteiger partial charge in [0.1, 0.15) is 0 Å². The van der Waals surface area contributed by atoms with E-state index < -0.39 is 0 Å². The van der Waals surface area contributed by atoms with Crippen LogP contribution >= 0.6 is 15.9 Å². The van der Waals surface area contributed by atoms with Crippen molar-refractivity contribution >= 4 is 15.9 Å². The molecule has 0 amide bonds. The molecule has 1 fully saturated rings. The van der Waals surface area contributed by atoms with Gasteiger partial charge in [0.2, 0.25) is 0 Å². The van der Waals surface area contributed by atoms with Gasteiger partial charge >= 0.3 is 0 Å². The van der Waals surface area contributed by atoms with Crippen LogP contribution in [0.1, 0.15) is 51.6 Å². The maximum Gasteiger partial charge on any atom is 0.0294 e. The minimum Gasteiger partial charge on any atom is -0.307 e. The third-order valence-corrected chi connectivity index (χ3v) is 4.74. The van der Waals surface area contributed by atoms with Gasteiger partial charge in [0.25, 0.3) is 0 Å². The summed E-state index contributed by atoms with van der Waals surface area (Å²) in [6, 6.07) is 9.73. The highest BCUT2D eigenvalue weighted by atomic mass is 79.9. The lowest BCUT2D eigenvalue weighted by Gasteiger charge is -2.35. The lowest BCUT2D eigenvalue weighted by molar-refractivity contribution is 0.216. The van der Waals surface area contributed by atoms with Crippen molar-refractivity contribution in [1.29, 1.82) is 0 Å². The van der Waals surface area contributed by atoms with E-state index in [0.717, 1.165) is 11.8 Å². The molecular weight excluding hydrogens is 286 g/mol. The van der Waals surface area contributed by atoms with Crippen LogP contribution in [-0.4, -0.2) is 6.04 Å². The fourth-order valence-electron chi connectivity index (χ4n) is 3.11. The Morgan fingerprint density at radius 3 is 2.72 bits per heavy atom. The molecular formula is C16H24BrN. The van der Waals surface area contributed by atoms with E-state index in [1.54, 1.807) is 0 Å². The molecule has 0 bridgehead atoms. The number of hydrogen-bond acceptors (Lipinski definition) is 1. The average Bonchev–Trinajstić information content (AvgIpc) is 2.32. The lowest BCUT2D eigenvalue weighted by Crippen LogP contribution is -2.40. The van der Waals surface area contributed by atoms with Crippen molar-refractivity contribution < 1.29 is 0 Å². The minimum atomic E-state index is 0.434. The Morgan fingerprint density at radius 1 is 1.28 bits per heavy atom. The molecule has 1 nitrogen and oxygen atoms in total. The summed E-state index contributed by atoms with van der Waals surface area (Å²) in [6.07, 6.45) is 4.05. The fourth-order valence-corrected chi connectivity index (χ4v) is 3.52. The molecule has 0 saturated heterocycles. The zero-order chi connectivity index (χ0) is 13.1. The Morgan fingerprint density at radius 2 is 2.06 bits per heavy atom. The van der Waals surface area contributed by atoms with Crippen LogP contribution in [0.3, 0.4) is 0 Å².